The maximum Gasteiger partial charge on any atom is 0.259 e. The summed E-state index contributed by atoms with van der Waals surface area (Å²) < 4.78 is 73.3. The van der Waals surface area contributed by atoms with Crippen LogP contribution in [0.2, 0.25) is 5.02 Å². The van der Waals surface area contributed by atoms with Gasteiger partial charge in [-0.3, -0.25) is 4.79 Å². The highest BCUT2D eigenvalue weighted by Gasteiger charge is 2.35. The summed E-state index contributed by atoms with van der Waals surface area (Å²) >= 11 is 6.11. The second-order valence-electron chi connectivity index (χ2n) is 7.33. The van der Waals surface area contributed by atoms with Crippen LogP contribution in [0.3, 0.4) is 0 Å². The Labute approximate surface area is 192 Å². The summed E-state index contributed by atoms with van der Waals surface area (Å²) in [6.07, 6.45) is 0. The molecule has 1 aromatic heterocycles. The van der Waals surface area contributed by atoms with Crippen LogP contribution in [-0.2, 0) is 10.0 Å². The Hall–Kier alpha value is -2.89. The smallest absolute Gasteiger partial charge is 0.259 e. The fraction of sp³-hybridized carbons (Fsp3) is 0.238. The molecule has 3 aromatic rings. The van der Waals surface area contributed by atoms with E-state index < -0.39 is 38.3 Å². The first-order chi connectivity index (χ1) is 15.6. The van der Waals surface area contributed by atoms with E-state index in [4.69, 9.17) is 16.1 Å². The number of aryl methyl sites for hydroxylation is 1. The average Bonchev–Trinajstić information content (AvgIpc) is 3.14. The lowest BCUT2D eigenvalue weighted by molar-refractivity contribution is 0.0696. The SMILES string of the molecule is Cc1onc(-c2c(F)cccc2Cl)c1C(=O)N1CCN(S(=O)(=O)c2ccc(F)cc2F)CC1. The zero-order valence-corrected chi connectivity index (χ0v) is 18.8. The summed E-state index contributed by atoms with van der Waals surface area (Å²) in [7, 11) is -4.23. The molecule has 0 saturated carbocycles. The molecule has 0 aliphatic carbocycles. The molecule has 2 heterocycles. The summed E-state index contributed by atoms with van der Waals surface area (Å²) in [5, 5.41) is 3.86. The molecule has 0 spiro atoms. The molecule has 1 aliphatic heterocycles. The second-order valence-corrected chi connectivity index (χ2v) is 9.64. The Bertz CT molecular complexity index is 1320. The van der Waals surface area contributed by atoms with Gasteiger partial charge in [-0.25, -0.2) is 21.6 Å². The standard InChI is InChI=1S/C21H17ClF3N3O4S/c1-12-18(20(26-32-12)19-14(22)3-2-4-15(19)24)21(29)27-7-9-28(10-8-27)33(30,31)17-6-5-13(23)11-16(17)25/h2-6,11H,7-10H2,1H3. The molecule has 0 bridgehead atoms. The van der Waals surface area contributed by atoms with Gasteiger partial charge in [0.25, 0.3) is 5.91 Å². The van der Waals surface area contributed by atoms with Crippen LogP contribution in [0.5, 0.6) is 0 Å². The average molecular weight is 500 g/mol. The van der Waals surface area contributed by atoms with Gasteiger partial charge in [-0.05, 0) is 31.2 Å². The number of hydrogen-bond donors (Lipinski definition) is 0. The largest absolute Gasteiger partial charge is 0.360 e. The van der Waals surface area contributed by atoms with Gasteiger partial charge < -0.3 is 9.42 Å². The summed E-state index contributed by atoms with van der Waals surface area (Å²) in [6, 6.07) is 6.27. The molecular weight excluding hydrogens is 483 g/mol. The predicted molar refractivity (Wildman–Crippen MR) is 113 cm³/mol. The fourth-order valence-corrected chi connectivity index (χ4v) is 5.35. The molecule has 1 saturated heterocycles. The number of rotatable bonds is 4. The van der Waals surface area contributed by atoms with Crippen LogP contribution in [0.15, 0.2) is 45.8 Å². The Morgan fingerprint density at radius 3 is 2.39 bits per heavy atom. The summed E-state index contributed by atoms with van der Waals surface area (Å²) in [6.45, 7) is 1.22. The molecule has 1 aliphatic rings. The van der Waals surface area contributed by atoms with E-state index in [0.717, 1.165) is 16.4 Å². The summed E-state index contributed by atoms with van der Waals surface area (Å²) in [4.78, 5) is 13.9. The number of carbonyl (C=O) groups excluding carboxylic acids is 1. The molecule has 0 atom stereocenters. The number of aromatic nitrogens is 1. The molecule has 33 heavy (non-hydrogen) atoms. The van der Waals surface area contributed by atoms with Gasteiger partial charge in [0.1, 0.15) is 39.4 Å². The van der Waals surface area contributed by atoms with Crippen molar-refractivity contribution in [2.75, 3.05) is 26.2 Å². The van der Waals surface area contributed by atoms with Gasteiger partial charge in [0.2, 0.25) is 10.0 Å². The molecular formula is C21H17ClF3N3O4S. The normalized spacial score (nSPS) is 15.1. The zero-order chi connectivity index (χ0) is 23.9. The lowest BCUT2D eigenvalue weighted by Gasteiger charge is -2.34. The van der Waals surface area contributed by atoms with Gasteiger partial charge in [0, 0.05) is 32.2 Å². The zero-order valence-electron chi connectivity index (χ0n) is 17.2. The Balaban J connectivity index is 1.56. The lowest BCUT2D eigenvalue weighted by atomic mass is 10.0. The minimum atomic E-state index is -4.23. The minimum absolute atomic E-state index is 0.0166. The van der Waals surface area contributed by atoms with E-state index in [9.17, 15) is 26.4 Å². The van der Waals surface area contributed by atoms with Crippen molar-refractivity contribution in [3.8, 4) is 11.3 Å². The van der Waals surface area contributed by atoms with E-state index >= 15 is 0 Å². The highest BCUT2D eigenvalue weighted by atomic mass is 35.5. The number of nitrogens with zero attached hydrogens (tertiary/aromatic N) is 3. The monoisotopic (exact) mass is 499 g/mol. The maximum atomic E-state index is 14.4. The topological polar surface area (TPSA) is 83.7 Å². The Kier molecular flexibility index (Phi) is 6.21. The second kappa shape index (κ2) is 8.81. The van der Waals surface area contributed by atoms with Crippen LogP contribution in [0, 0.1) is 24.4 Å². The highest BCUT2D eigenvalue weighted by molar-refractivity contribution is 7.89. The summed E-state index contributed by atoms with van der Waals surface area (Å²) in [5.41, 5.74) is -0.112. The van der Waals surface area contributed by atoms with Gasteiger partial charge in [-0.2, -0.15) is 4.31 Å². The van der Waals surface area contributed by atoms with Gasteiger partial charge in [0.05, 0.1) is 10.6 Å². The van der Waals surface area contributed by atoms with Crippen molar-refractivity contribution in [1.82, 2.24) is 14.4 Å². The van der Waals surface area contributed by atoms with E-state index in [1.165, 1.54) is 30.0 Å². The van der Waals surface area contributed by atoms with Gasteiger partial charge >= 0.3 is 0 Å². The number of benzene rings is 2. The van der Waals surface area contributed by atoms with E-state index in [-0.39, 0.29) is 53.8 Å². The Morgan fingerprint density at radius 1 is 1.06 bits per heavy atom. The minimum Gasteiger partial charge on any atom is -0.360 e. The summed E-state index contributed by atoms with van der Waals surface area (Å²) in [5.74, 6) is -3.15. The molecule has 12 heteroatoms. The number of hydrogen-bond acceptors (Lipinski definition) is 5. The van der Waals surface area contributed by atoms with Crippen LogP contribution in [0.4, 0.5) is 13.2 Å². The molecule has 7 nitrogen and oxygen atoms in total. The number of carbonyl (C=O) groups is 1. The van der Waals surface area contributed by atoms with Crippen LogP contribution >= 0.6 is 11.6 Å². The molecule has 0 N–H and O–H groups in total. The third kappa shape index (κ3) is 4.23. The van der Waals surface area contributed by atoms with E-state index in [1.807, 2.05) is 0 Å². The highest BCUT2D eigenvalue weighted by Crippen LogP contribution is 2.34. The van der Waals surface area contributed by atoms with Crippen molar-refractivity contribution in [2.45, 2.75) is 11.8 Å². The fourth-order valence-electron chi connectivity index (χ4n) is 3.63. The number of sulfonamides is 1. The van der Waals surface area contributed by atoms with Crippen molar-refractivity contribution in [1.29, 1.82) is 0 Å². The number of piperazine rings is 1. The molecule has 0 unspecified atom stereocenters. The van der Waals surface area contributed by atoms with Crippen molar-refractivity contribution in [3.63, 3.8) is 0 Å². The maximum absolute atomic E-state index is 14.4. The van der Waals surface area contributed by atoms with Crippen LogP contribution < -0.4 is 0 Å². The van der Waals surface area contributed by atoms with Gasteiger partial charge in [-0.1, -0.05) is 22.8 Å². The van der Waals surface area contributed by atoms with E-state index in [2.05, 4.69) is 5.16 Å². The molecule has 2 aromatic carbocycles. The van der Waals surface area contributed by atoms with E-state index in [0.29, 0.717) is 6.07 Å². The first-order valence-electron chi connectivity index (χ1n) is 9.76. The third-order valence-electron chi connectivity index (χ3n) is 5.31. The van der Waals surface area contributed by atoms with Crippen molar-refractivity contribution in [3.05, 3.63) is 70.2 Å². The molecule has 1 amide bonds. The quantitative estimate of drug-likeness (QED) is 0.544. The van der Waals surface area contributed by atoms with Crippen molar-refractivity contribution < 1.29 is 30.9 Å². The van der Waals surface area contributed by atoms with Gasteiger partial charge in [0.15, 0.2) is 0 Å². The number of amides is 1. The van der Waals surface area contributed by atoms with Crippen LogP contribution in [0.25, 0.3) is 11.3 Å². The Morgan fingerprint density at radius 2 is 1.76 bits per heavy atom. The first-order valence-corrected chi connectivity index (χ1v) is 11.6. The number of halogens is 4. The lowest BCUT2D eigenvalue weighted by Crippen LogP contribution is -2.50. The van der Waals surface area contributed by atoms with E-state index in [1.54, 1.807) is 0 Å². The molecule has 1 fully saturated rings. The van der Waals surface area contributed by atoms with Gasteiger partial charge in [-0.15, -0.1) is 0 Å². The molecule has 0 radical (unpaired) electrons. The molecule has 174 valence electrons. The molecule has 4 rings (SSSR count). The third-order valence-corrected chi connectivity index (χ3v) is 7.56. The first kappa shape index (κ1) is 23.3. The van der Waals surface area contributed by atoms with Crippen LogP contribution in [0.1, 0.15) is 16.1 Å². The van der Waals surface area contributed by atoms with Crippen LogP contribution in [-0.4, -0.2) is 54.9 Å². The predicted octanol–water partition coefficient (Wildman–Crippen LogP) is 3.87. The van der Waals surface area contributed by atoms with Crippen molar-refractivity contribution in [2.24, 2.45) is 0 Å². The van der Waals surface area contributed by atoms with Crippen molar-refractivity contribution >= 4 is 27.5 Å².